The lowest BCUT2D eigenvalue weighted by Gasteiger charge is -2.44. The van der Waals surface area contributed by atoms with Crippen LogP contribution in [-0.2, 0) is 14.0 Å². The molecular formula is C14H29B2O4. The lowest BCUT2D eigenvalue weighted by atomic mass is 9.55. The second kappa shape index (κ2) is 5.31. The van der Waals surface area contributed by atoms with Gasteiger partial charge in [-0.25, -0.2) is 0 Å². The molecule has 20 heavy (non-hydrogen) atoms. The van der Waals surface area contributed by atoms with Gasteiger partial charge in [0.05, 0.1) is 22.4 Å². The molecule has 1 aliphatic rings. The maximum atomic E-state index is 10.4. The summed E-state index contributed by atoms with van der Waals surface area (Å²) >= 11 is 0. The third kappa shape index (κ3) is 3.24. The Hall–Kier alpha value is -0.0301. The van der Waals surface area contributed by atoms with Crippen molar-refractivity contribution < 1.29 is 19.1 Å². The lowest BCUT2D eigenvalue weighted by molar-refractivity contribution is -0.126. The summed E-state index contributed by atoms with van der Waals surface area (Å²) in [5.41, 5.74) is -2.46. The van der Waals surface area contributed by atoms with Crippen molar-refractivity contribution in [2.24, 2.45) is 5.92 Å². The van der Waals surface area contributed by atoms with Gasteiger partial charge in [-0.3, -0.25) is 0 Å². The molecule has 4 nitrogen and oxygen atoms in total. The number of aliphatic hydroxyl groups is 1. The molecule has 0 saturated carbocycles. The van der Waals surface area contributed by atoms with E-state index in [1.54, 1.807) is 21.2 Å². The zero-order valence-electron chi connectivity index (χ0n) is 14.4. The number of hydrogen-bond donors (Lipinski definition) is 1. The molecule has 0 aliphatic carbocycles. The van der Waals surface area contributed by atoms with E-state index in [-0.39, 0.29) is 17.1 Å². The van der Waals surface area contributed by atoms with E-state index >= 15 is 0 Å². The highest BCUT2D eigenvalue weighted by Gasteiger charge is 2.53. The average molecular weight is 283 g/mol. The maximum absolute atomic E-state index is 10.4. The van der Waals surface area contributed by atoms with Crippen LogP contribution in [-0.4, -0.2) is 41.9 Å². The van der Waals surface area contributed by atoms with Gasteiger partial charge in [-0.05, 0) is 54.4 Å². The van der Waals surface area contributed by atoms with Crippen molar-refractivity contribution in [3.8, 4) is 0 Å². The molecule has 1 fully saturated rings. The fraction of sp³-hybridized carbons (Fsp3) is 1.00. The lowest BCUT2D eigenvalue weighted by Crippen LogP contribution is -2.55. The zero-order chi connectivity index (χ0) is 16.0. The third-order valence-electron chi connectivity index (χ3n) is 5.01. The van der Waals surface area contributed by atoms with Crippen molar-refractivity contribution >= 4 is 14.4 Å². The largest absolute Gasteiger partial charge is 0.439 e. The highest BCUT2D eigenvalue weighted by atomic mass is 16.7. The molecule has 1 heterocycles. The van der Waals surface area contributed by atoms with Crippen molar-refractivity contribution in [1.29, 1.82) is 0 Å². The Kier molecular flexibility index (Phi) is 4.78. The first-order chi connectivity index (χ1) is 8.73. The van der Waals surface area contributed by atoms with Crippen LogP contribution in [0.3, 0.4) is 0 Å². The first-order valence-corrected chi connectivity index (χ1v) is 7.32. The molecule has 0 aromatic heterocycles. The molecule has 1 radical (unpaired) electrons. The molecule has 1 unspecified atom stereocenters. The molecule has 1 N–H and O–H groups in total. The first-order valence-electron chi connectivity index (χ1n) is 7.32. The van der Waals surface area contributed by atoms with Crippen molar-refractivity contribution in [3.63, 3.8) is 0 Å². The van der Waals surface area contributed by atoms with Crippen LogP contribution < -0.4 is 0 Å². The molecule has 1 rings (SSSR count). The standard InChI is InChI=1S/C14H29B2O4/c1-10(2)14(9,11(3,4)17)18-15-16-19-12(5,6)13(7,8)20-16/h10,17H,1-9H3. The van der Waals surface area contributed by atoms with Gasteiger partial charge in [0, 0.05) is 0 Å². The fourth-order valence-electron chi connectivity index (χ4n) is 2.13. The van der Waals surface area contributed by atoms with Crippen LogP contribution >= 0.6 is 0 Å². The minimum atomic E-state index is -0.971. The summed E-state index contributed by atoms with van der Waals surface area (Å²) in [4.78, 5) is 0. The van der Waals surface area contributed by atoms with Crippen LogP contribution in [0.2, 0.25) is 0 Å². The van der Waals surface area contributed by atoms with E-state index in [0.29, 0.717) is 0 Å². The van der Waals surface area contributed by atoms with E-state index in [0.717, 1.165) is 0 Å². The summed E-state index contributed by atoms with van der Waals surface area (Å²) < 4.78 is 17.6. The normalized spacial score (nSPS) is 24.9. The van der Waals surface area contributed by atoms with E-state index in [2.05, 4.69) is 0 Å². The Bertz CT molecular complexity index is 334. The molecular weight excluding hydrogens is 254 g/mol. The van der Waals surface area contributed by atoms with Crippen LogP contribution in [0, 0.1) is 5.92 Å². The quantitative estimate of drug-likeness (QED) is 0.787. The van der Waals surface area contributed by atoms with Gasteiger partial charge in [-0.15, -0.1) is 0 Å². The first kappa shape index (κ1) is 18.0. The highest BCUT2D eigenvalue weighted by molar-refractivity contribution is 7.03. The van der Waals surface area contributed by atoms with Crippen molar-refractivity contribution in [2.45, 2.75) is 84.7 Å². The van der Waals surface area contributed by atoms with Gasteiger partial charge in [0.25, 0.3) is 0 Å². The molecule has 1 aliphatic heterocycles. The summed E-state index contributed by atoms with van der Waals surface area (Å²) in [6.45, 7) is 17.5. The minimum absolute atomic E-state index is 0.140. The van der Waals surface area contributed by atoms with Crippen LogP contribution in [0.15, 0.2) is 0 Å². The van der Waals surface area contributed by atoms with Gasteiger partial charge in [0.15, 0.2) is 0 Å². The minimum Gasteiger partial charge on any atom is -0.435 e. The van der Waals surface area contributed by atoms with Gasteiger partial charge >= 0.3 is 14.4 Å². The number of rotatable bonds is 5. The molecule has 0 spiro atoms. The van der Waals surface area contributed by atoms with Crippen molar-refractivity contribution in [2.75, 3.05) is 0 Å². The highest BCUT2D eigenvalue weighted by Crippen LogP contribution is 2.38. The smallest absolute Gasteiger partial charge is 0.435 e. The maximum Gasteiger partial charge on any atom is 0.439 e. The third-order valence-corrected chi connectivity index (χ3v) is 5.01. The predicted octanol–water partition coefficient (Wildman–Crippen LogP) is 2.40. The molecule has 0 amide bonds. The van der Waals surface area contributed by atoms with E-state index < -0.39 is 18.2 Å². The zero-order valence-corrected chi connectivity index (χ0v) is 14.4. The summed E-state index contributed by atoms with van der Waals surface area (Å²) in [6.07, 6.45) is 0. The SMILES string of the molecule is CC(C)C(C)(O[B]B1OC(C)(C)C(C)(C)O1)C(C)(C)O. The second-order valence-corrected chi connectivity index (χ2v) is 7.70. The van der Waals surface area contributed by atoms with Crippen LogP contribution in [0.1, 0.15) is 62.3 Å². The topological polar surface area (TPSA) is 47.9 Å². The van der Waals surface area contributed by atoms with Crippen LogP contribution in [0.5, 0.6) is 0 Å². The Morgan fingerprint density at radius 1 is 1.05 bits per heavy atom. The summed E-state index contributed by atoms with van der Waals surface area (Å²) in [6, 6.07) is 0. The van der Waals surface area contributed by atoms with Gasteiger partial charge in [0.1, 0.15) is 0 Å². The van der Waals surface area contributed by atoms with Gasteiger partial charge in [-0.2, -0.15) is 0 Å². The summed E-state index contributed by atoms with van der Waals surface area (Å²) in [5, 5.41) is 10.4. The second-order valence-electron chi connectivity index (χ2n) is 7.70. The van der Waals surface area contributed by atoms with Gasteiger partial charge in [-0.1, -0.05) is 13.8 Å². The predicted molar refractivity (Wildman–Crippen MR) is 82.5 cm³/mol. The van der Waals surface area contributed by atoms with Gasteiger partial charge < -0.3 is 19.1 Å². The molecule has 1 atom stereocenters. The molecule has 6 heteroatoms. The number of hydrogen-bond acceptors (Lipinski definition) is 4. The Labute approximate surface area is 125 Å². The Morgan fingerprint density at radius 2 is 1.45 bits per heavy atom. The Balaban J connectivity index is 2.73. The summed E-state index contributed by atoms with van der Waals surface area (Å²) in [5.74, 6) is 0.140. The average Bonchev–Trinajstić information content (AvgIpc) is 2.42. The molecule has 0 aromatic carbocycles. The van der Waals surface area contributed by atoms with E-state index in [1.807, 2.05) is 48.5 Å². The van der Waals surface area contributed by atoms with E-state index in [1.165, 1.54) is 0 Å². The molecule has 115 valence electrons. The van der Waals surface area contributed by atoms with E-state index in [4.69, 9.17) is 14.0 Å². The van der Waals surface area contributed by atoms with Gasteiger partial charge in [0.2, 0.25) is 0 Å². The molecule has 0 aromatic rings. The van der Waals surface area contributed by atoms with Crippen LogP contribution in [0.4, 0.5) is 0 Å². The van der Waals surface area contributed by atoms with Crippen molar-refractivity contribution in [1.82, 2.24) is 0 Å². The van der Waals surface area contributed by atoms with E-state index in [9.17, 15) is 5.11 Å². The molecule has 0 bridgehead atoms. The van der Waals surface area contributed by atoms with Crippen LogP contribution in [0.25, 0.3) is 0 Å². The summed E-state index contributed by atoms with van der Waals surface area (Å²) in [7, 11) is 1.04. The monoisotopic (exact) mass is 283 g/mol. The Morgan fingerprint density at radius 3 is 1.75 bits per heavy atom. The molecule has 1 saturated heterocycles. The fourth-order valence-corrected chi connectivity index (χ4v) is 2.13. The van der Waals surface area contributed by atoms with Crippen molar-refractivity contribution in [3.05, 3.63) is 0 Å².